The van der Waals surface area contributed by atoms with E-state index in [0.29, 0.717) is 11.3 Å². The number of thiazole rings is 1. The molecule has 0 unspecified atom stereocenters. The van der Waals surface area contributed by atoms with Crippen molar-refractivity contribution in [3.8, 4) is 0 Å². The van der Waals surface area contributed by atoms with Crippen LogP contribution in [0.3, 0.4) is 0 Å². The van der Waals surface area contributed by atoms with Crippen LogP contribution in [0.25, 0.3) is 10.2 Å². The molecule has 2 aromatic carbocycles. The largest absolute Gasteiger partial charge is 0.322 e. The van der Waals surface area contributed by atoms with Crippen LogP contribution in [0.4, 0.5) is 10.1 Å². The smallest absolute Gasteiger partial charge is 0.255 e. The highest BCUT2D eigenvalue weighted by atomic mass is 32.1. The number of nitrogens with zero attached hydrogens (tertiary/aromatic N) is 1. The average molecular weight is 300 g/mol. The lowest BCUT2D eigenvalue weighted by atomic mass is 10.2. The third kappa shape index (κ3) is 2.92. The Kier molecular flexibility index (Phi) is 3.66. The van der Waals surface area contributed by atoms with Crippen LogP contribution in [0.15, 0.2) is 42.5 Å². The Balaban J connectivity index is 1.83. The second kappa shape index (κ2) is 5.61. The van der Waals surface area contributed by atoms with Gasteiger partial charge in [0.25, 0.3) is 5.91 Å². The lowest BCUT2D eigenvalue weighted by Gasteiger charge is -2.05. The van der Waals surface area contributed by atoms with E-state index in [1.807, 2.05) is 18.2 Å². The van der Waals surface area contributed by atoms with Gasteiger partial charge in [-0.1, -0.05) is 6.92 Å². The van der Waals surface area contributed by atoms with Crippen molar-refractivity contribution in [3.63, 3.8) is 0 Å². The molecule has 0 radical (unpaired) electrons. The summed E-state index contributed by atoms with van der Waals surface area (Å²) in [6, 6.07) is 11.1. The molecule has 0 aliphatic rings. The molecule has 0 saturated heterocycles. The predicted molar refractivity (Wildman–Crippen MR) is 83.4 cm³/mol. The first kappa shape index (κ1) is 13.7. The van der Waals surface area contributed by atoms with Gasteiger partial charge in [-0.3, -0.25) is 4.79 Å². The highest BCUT2D eigenvalue weighted by Crippen LogP contribution is 2.25. The van der Waals surface area contributed by atoms with Gasteiger partial charge in [0, 0.05) is 11.3 Å². The predicted octanol–water partition coefficient (Wildman–Crippen LogP) is 4.25. The highest BCUT2D eigenvalue weighted by Gasteiger charge is 2.08. The lowest BCUT2D eigenvalue weighted by Crippen LogP contribution is -2.11. The summed E-state index contributed by atoms with van der Waals surface area (Å²) in [5, 5.41) is 3.89. The van der Waals surface area contributed by atoms with E-state index in [1.54, 1.807) is 11.3 Å². The first-order valence-corrected chi connectivity index (χ1v) is 7.44. The molecule has 5 heteroatoms. The standard InChI is InChI=1S/C16H13FN2OS/c1-2-15-19-13-8-7-12(9-14(13)21-15)18-16(20)10-3-5-11(17)6-4-10/h3-9H,2H2,1H3,(H,18,20). The van der Waals surface area contributed by atoms with Crippen LogP contribution in [0, 0.1) is 5.82 Å². The number of halogens is 1. The minimum atomic E-state index is -0.357. The van der Waals surface area contributed by atoms with E-state index in [9.17, 15) is 9.18 Å². The van der Waals surface area contributed by atoms with E-state index in [-0.39, 0.29) is 11.7 Å². The van der Waals surface area contributed by atoms with E-state index >= 15 is 0 Å². The van der Waals surface area contributed by atoms with Crippen LogP contribution in [0.1, 0.15) is 22.3 Å². The maximum absolute atomic E-state index is 12.9. The molecule has 106 valence electrons. The molecule has 0 aliphatic heterocycles. The van der Waals surface area contributed by atoms with Gasteiger partial charge in [0.1, 0.15) is 5.82 Å². The second-order valence-electron chi connectivity index (χ2n) is 4.60. The van der Waals surface area contributed by atoms with Crippen molar-refractivity contribution >= 4 is 33.1 Å². The fourth-order valence-electron chi connectivity index (χ4n) is 2.01. The minimum absolute atomic E-state index is 0.255. The normalized spacial score (nSPS) is 10.8. The molecule has 0 spiro atoms. The number of rotatable bonds is 3. The third-order valence-electron chi connectivity index (χ3n) is 3.10. The molecule has 1 aromatic heterocycles. The van der Waals surface area contributed by atoms with Gasteiger partial charge < -0.3 is 5.32 Å². The number of fused-ring (bicyclic) bond motifs is 1. The summed E-state index contributed by atoms with van der Waals surface area (Å²) < 4.78 is 13.9. The molecule has 3 nitrogen and oxygen atoms in total. The van der Waals surface area contributed by atoms with Crippen LogP contribution < -0.4 is 5.32 Å². The molecule has 1 heterocycles. The minimum Gasteiger partial charge on any atom is -0.322 e. The van der Waals surface area contributed by atoms with E-state index in [2.05, 4.69) is 17.2 Å². The van der Waals surface area contributed by atoms with Crippen LogP contribution in [-0.2, 0) is 6.42 Å². The zero-order valence-electron chi connectivity index (χ0n) is 11.4. The maximum atomic E-state index is 12.9. The van der Waals surface area contributed by atoms with Crippen LogP contribution in [-0.4, -0.2) is 10.9 Å². The van der Waals surface area contributed by atoms with Gasteiger partial charge in [0.2, 0.25) is 0 Å². The molecule has 3 aromatic rings. The summed E-state index contributed by atoms with van der Waals surface area (Å²) in [6.45, 7) is 2.06. The lowest BCUT2D eigenvalue weighted by molar-refractivity contribution is 0.102. The SMILES string of the molecule is CCc1nc2ccc(NC(=O)c3ccc(F)cc3)cc2s1. The molecule has 0 atom stereocenters. The Labute approximate surface area is 125 Å². The van der Waals surface area contributed by atoms with Crippen molar-refractivity contribution in [1.29, 1.82) is 0 Å². The summed E-state index contributed by atoms with van der Waals surface area (Å²) >= 11 is 1.62. The Bertz CT molecular complexity index is 796. The van der Waals surface area contributed by atoms with E-state index in [0.717, 1.165) is 21.6 Å². The zero-order valence-corrected chi connectivity index (χ0v) is 12.2. The number of carbonyl (C=O) groups is 1. The van der Waals surface area contributed by atoms with Gasteiger partial charge >= 0.3 is 0 Å². The van der Waals surface area contributed by atoms with Crippen molar-refractivity contribution in [2.24, 2.45) is 0 Å². The number of aromatic nitrogens is 1. The van der Waals surface area contributed by atoms with Gasteiger partial charge in [-0.05, 0) is 48.9 Å². The summed E-state index contributed by atoms with van der Waals surface area (Å²) in [7, 11) is 0. The Hall–Kier alpha value is -2.27. The summed E-state index contributed by atoms with van der Waals surface area (Å²) in [5.41, 5.74) is 2.08. The van der Waals surface area contributed by atoms with E-state index in [1.165, 1.54) is 24.3 Å². The summed E-state index contributed by atoms with van der Waals surface area (Å²) in [6.07, 6.45) is 0.899. The van der Waals surface area contributed by atoms with Crippen molar-refractivity contribution in [1.82, 2.24) is 4.98 Å². The fourth-order valence-corrected chi connectivity index (χ4v) is 2.95. The maximum Gasteiger partial charge on any atom is 0.255 e. The molecule has 3 rings (SSSR count). The van der Waals surface area contributed by atoms with Gasteiger partial charge in [0.15, 0.2) is 0 Å². The number of aryl methyl sites for hydroxylation is 1. The number of anilines is 1. The Morgan fingerprint density at radius 2 is 2.00 bits per heavy atom. The zero-order chi connectivity index (χ0) is 14.8. The molecule has 0 aliphatic carbocycles. The van der Waals surface area contributed by atoms with Crippen molar-refractivity contribution in [3.05, 3.63) is 58.9 Å². The number of amides is 1. The Morgan fingerprint density at radius 3 is 2.71 bits per heavy atom. The summed E-state index contributed by atoms with van der Waals surface area (Å²) in [5.74, 6) is -0.612. The molecule has 0 saturated carbocycles. The molecule has 0 fully saturated rings. The number of benzene rings is 2. The van der Waals surface area contributed by atoms with Gasteiger partial charge in [-0.15, -0.1) is 11.3 Å². The first-order valence-electron chi connectivity index (χ1n) is 6.62. The van der Waals surface area contributed by atoms with Crippen molar-refractivity contribution in [2.45, 2.75) is 13.3 Å². The number of hydrogen-bond acceptors (Lipinski definition) is 3. The van der Waals surface area contributed by atoms with Gasteiger partial charge in [-0.2, -0.15) is 0 Å². The number of nitrogens with one attached hydrogen (secondary N) is 1. The Morgan fingerprint density at radius 1 is 1.24 bits per heavy atom. The fraction of sp³-hybridized carbons (Fsp3) is 0.125. The third-order valence-corrected chi connectivity index (χ3v) is 4.26. The van der Waals surface area contributed by atoms with Gasteiger partial charge in [0.05, 0.1) is 15.2 Å². The summed E-state index contributed by atoms with van der Waals surface area (Å²) in [4.78, 5) is 16.6. The van der Waals surface area contributed by atoms with Crippen molar-refractivity contribution < 1.29 is 9.18 Å². The van der Waals surface area contributed by atoms with Crippen molar-refractivity contribution in [2.75, 3.05) is 5.32 Å². The molecule has 21 heavy (non-hydrogen) atoms. The molecular formula is C16H13FN2OS. The van der Waals surface area contributed by atoms with Gasteiger partial charge in [-0.25, -0.2) is 9.37 Å². The molecule has 0 bridgehead atoms. The highest BCUT2D eigenvalue weighted by molar-refractivity contribution is 7.18. The average Bonchev–Trinajstić information content (AvgIpc) is 2.90. The van der Waals surface area contributed by atoms with Crippen LogP contribution >= 0.6 is 11.3 Å². The molecule has 1 N–H and O–H groups in total. The first-order chi connectivity index (χ1) is 10.2. The molecular weight excluding hydrogens is 287 g/mol. The van der Waals surface area contributed by atoms with E-state index < -0.39 is 0 Å². The molecule has 1 amide bonds. The number of hydrogen-bond donors (Lipinski definition) is 1. The topological polar surface area (TPSA) is 42.0 Å². The quantitative estimate of drug-likeness (QED) is 0.785. The monoisotopic (exact) mass is 300 g/mol. The number of carbonyl (C=O) groups excluding carboxylic acids is 1. The van der Waals surface area contributed by atoms with Crippen LogP contribution in [0.2, 0.25) is 0 Å². The second-order valence-corrected chi connectivity index (χ2v) is 5.72. The van der Waals surface area contributed by atoms with Crippen LogP contribution in [0.5, 0.6) is 0 Å². The van der Waals surface area contributed by atoms with E-state index in [4.69, 9.17) is 0 Å².